The molecule has 0 unspecified atom stereocenters. The van der Waals surface area contributed by atoms with Crippen LogP contribution in [0.4, 0.5) is 0 Å². The summed E-state index contributed by atoms with van der Waals surface area (Å²) in [5.74, 6) is 3.20. The van der Waals surface area contributed by atoms with Crippen molar-refractivity contribution in [1.82, 2.24) is 9.97 Å². The highest BCUT2D eigenvalue weighted by Crippen LogP contribution is 2.70. The first-order valence-electron chi connectivity index (χ1n) is 19.5. The van der Waals surface area contributed by atoms with Crippen molar-refractivity contribution in [3.05, 3.63) is 145 Å². The Bertz CT molecular complexity index is 3000. The maximum absolute atomic E-state index is 6.74. The predicted molar refractivity (Wildman–Crippen MR) is 216 cm³/mol. The molecule has 1 spiro atoms. The van der Waals surface area contributed by atoms with E-state index in [9.17, 15) is 0 Å². The zero-order valence-electron chi connectivity index (χ0n) is 29.3. The quantitative estimate of drug-likeness (QED) is 0.171. The molecule has 0 saturated heterocycles. The molecule has 0 atom stereocenters. The first-order valence-corrected chi connectivity index (χ1v) is 19.5. The number of rotatable bonds is 2. The molecule has 4 fully saturated rings. The highest BCUT2D eigenvalue weighted by Gasteiger charge is 2.62. The number of benzene rings is 7. The fourth-order valence-corrected chi connectivity index (χ4v) is 12.3. The van der Waals surface area contributed by atoms with Crippen LogP contribution in [0.25, 0.3) is 88.2 Å². The van der Waals surface area contributed by atoms with Gasteiger partial charge in [-0.25, -0.2) is 9.97 Å². The van der Waals surface area contributed by atoms with Crippen LogP contribution in [0.1, 0.15) is 43.2 Å². The molecular weight excluding hydrogens is 645 g/mol. The fourth-order valence-electron chi connectivity index (χ4n) is 12.3. The Morgan fingerprint density at radius 2 is 1.15 bits per heavy atom. The lowest BCUT2D eigenvalue weighted by atomic mass is 9.43. The molecular formula is C50H36N2O. The summed E-state index contributed by atoms with van der Waals surface area (Å²) in [5, 5.41) is 8.47. The van der Waals surface area contributed by atoms with E-state index in [0.29, 0.717) is 17.5 Å². The zero-order chi connectivity index (χ0) is 34.4. The Morgan fingerprint density at radius 3 is 1.92 bits per heavy atom. The Morgan fingerprint density at radius 1 is 0.509 bits per heavy atom. The average Bonchev–Trinajstić information content (AvgIpc) is 3.74. The van der Waals surface area contributed by atoms with Crippen molar-refractivity contribution in [2.24, 2.45) is 23.7 Å². The van der Waals surface area contributed by atoms with E-state index < -0.39 is 0 Å². The monoisotopic (exact) mass is 680 g/mol. The minimum Gasteiger partial charge on any atom is -0.436 e. The van der Waals surface area contributed by atoms with Crippen LogP contribution in [0.3, 0.4) is 0 Å². The Balaban J connectivity index is 1.11. The number of nitrogens with zero attached hydrogens (tertiary/aromatic N) is 2. The molecule has 0 aliphatic heterocycles. The number of hydrogen-bond donors (Lipinski definition) is 0. The number of aromatic nitrogens is 2. The molecule has 9 aromatic rings. The molecule has 2 heterocycles. The van der Waals surface area contributed by atoms with Crippen molar-refractivity contribution < 1.29 is 4.42 Å². The van der Waals surface area contributed by atoms with Gasteiger partial charge in [0.2, 0.25) is 5.71 Å². The number of furan rings is 1. The molecule has 53 heavy (non-hydrogen) atoms. The Kier molecular flexibility index (Phi) is 5.53. The summed E-state index contributed by atoms with van der Waals surface area (Å²) in [7, 11) is 0. The molecule has 7 aromatic carbocycles. The summed E-state index contributed by atoms with van der Waals surface area (Å²) < 4.78 is 6.74. The van der Waals surface area contributed by atoms with Crippen molar-refractivity contribution in [2.75, 3.05) is 0 Å². The van der Waals surface area contributed by atoms with E-state index in [4.69, 9.17) is 14.4 Å². The summed E-state index contributed by atoms with van der Waals surface area (Å²) >= 11 is 0. The van der Waals surface area contributed by atoms with Crippen molar-refractivity contribution in [2.45, 2.75) is 37.5 Å². The van der Waals surface area contributed by atoms with Gasteiger partial charge >= 0.3 is 0 Å². The SMILES string of the molecule is c1ccc(-c2nc3oc4c5ccccc5c5ccccc5c4c3nc2-c2ccc3c(c2)-c2ccc4ccccc4c2C32C3CC4CC(C3)CC2C4)cc1. The second-order valence-electron chi connectivity index (χ2n) is 16.5. The molecule has 4 saturated carbocycles. The molecule has 3 heteroatoms. The van der Waals surface area contributed by atoms with Crippen LogP contribution in [-0.2, 0) is 5.41 Å². The van der Waals surface area contributed by atoms with Crippen molar-refractivity contribution in [1.29, 1.82) is 0 Å². The summed E-state index contributed by atoms with van der Waals surface area (Å²) in [5.41, 5.74) is 12.2. The van der Waals surface area contributed by atoms with E-state index >= 15 is 0 Å². The topological polar surface area (TPSA) is 38.9 Å². The highest BCUT2D eigenvalue weighted by molar-refractivity contribution is 6.29. The van der Waals surface area contributed by atoms with Crippen LogP contribution in [0.5, 0.6) is 0 Å². The maximum atomic E-state index is 6.74. The largest absolute Gasteiger partial charge is 0.436 e. The van der Waals surface area contributed by atoms with Gasteiger partial charge in [-0.15, -0.1) is 0 Å². The predicted octanol–water partition coefficient (Wildman–Crippen LogP) is 12.9. The third-order valence-electron chi connectivity index (χ3n) is 14.0. The first-order chi connectivity index (χ1) is 26.2. The van der Waals surface area contributed by atoms with Gasteiger partial charge in [0.05, 0.1) is 11.1 Å². The van der Waals surface area contributed by atoms with Crippen molar-refractivity contribution in [3.63, 3.8) is 0 Å². The minimum atomic E-state index is 0.0795. The fraction of sp³-hybridized carbons (Fsp3) is 0.200. The molecule has 0 radical (unpaired) electrons. The second-order valence-corrected chi connectivity index (χ2v) is 16.5. The third kappa shape index (κ3) is 3.65. The van der Waals surface area contributed by atoms with Crippen LogP contribution < -0.4 is 0 Å². The van der Waals surface area contributed by atoms with Gasteiger partial charge in [-0.1, -0.05) is 127 Å². The van der Waals surface area contributed by atoms with E-state index in [1.807, 2.05) is 0 Å². The Hall–Kier alpha value is -5.80. The van der Waals surface area contributed by atoms with E-state index in [0.717, 1.165) is 61.6 Å². The third-order valence-corrected chi connectivity index (χ3v) is 14.0. The smallest absolute Gasteiger partial charge is 0.246 e. The van der Waals surface area contributed by atoms with Gasteiger partial charge in [0.25, 0.3) is 0 Å². The number of hydrogen-bond acceptors (Lipinski definition) is 3. The van der Waals surface area contributed by atoms with Gasteiger partial charge in [0.1, 0.15) is 16.8 Å². The standard InChI is InChI=1S/C50H36N2O/c1-2-11-31(12-3-1)45-46(51-47-43-38-16-8-6-14-36(38)37-15-7-9-17-40(37)48(43)53-49(47)52-45)32-19-21-42-41(27-32)39-20-18-30-10-4-5-13-35(30)44(39)50(42)33-23-28-22-29(25-33)26-34(50)24-28/h1-21,27-29,33-34H,22-26H2. The van der Waals surface area contributed by atoms with Gasteiger partial charge < -0.3 is 4.42 Å². The summed E-state index contributed by atoms with van der Waals surface area (Å²) in [6, 6.07) is 49.0. The minimum absolute atomic E-state index is 0.0795. The van der Waals surface area contributed by atoms with Crippen molar-refractivity contribution >= 4 is 54.5 Å². The van der Waals surface area contributed by atoms with E-state index in [1.54, 1.807) is 11.1 Å². The van der Waals surface area contributed by atoms with Crippen LogP contribution >= 0.6 is 0 Å². The summed E-state index contributed by atoms with van der Waals surface area (Å²) in [6.07, 6.45) is 6.93. The van der Waals surface area contributed by atoms with E-state index in [-0.39, 0.29) is 5.41 Å². The van der Waals surface area contributed by atoms with E-state index in [1.165, 1.54) is 64.8 Å². The van der Waals surface area contributed by atoms with Crippen LogP contribution in [0.2, 0.25) is 0 Å². The normalized spacial score (nSPS) is 23.9. The van der Waals surface area contributed by atoms with Gasteiger partial charge in [-0.2, -0.15) is 0 Å². The molecule has 0 amide bonds. The molecule has 2 aromatic heterocycles. The molecule has 5 aliphatic rings. The van der Waals surface area contributed by atoms with Crippen LogP contribution in [-0.4, -0.2) is 9.97 Å². The van der Waals surface area contributed by atoms with Gasteiger partial charge in [0, 0.05) is 21.9 Å². The molecule has 14 rings (SSSR count). The summed E-state index contributed by atoms with van der Waals surface area (Å²) in [6.45, 7) is 0. The van der Waals surface area contributed by atoms with Gasteiger partial charge in [0.15, 0.2) is 0 Å². The molecule has 252 valence electrons. The molecule has 3 nitrogen and oxygen atoms in total. The second kappa shape index (κ2) is 10.2. The van der Waals surface area contributed by atoms with Crippen molar-refractivity contribution in [3.8, 4) is 33.6 Å². The van der Waals surface area contributed by atoms with E-state index in [2.05, 4.69) is 133 Å². The lowest BCUT2D eigenvalue weighted by Crippen LogP contribution is -2.55. The molecule has 5 aliphatic carbocycles. The highest BCUT2D eigenvalue weighted by atomic mass is 16.3. The van der Waals surface area contributed by atoms with Gasteiger partial charge in [-0.05, 0) is 111 Å². The summed E-state index contributed by atoms with van der Waals surface area (Å²) in [4.78, 5) is 11.0. The van der Waals surface area contributed by atoms with Gasteiger partial charge in [-0.3, -0.25) is 0 Å². The Labute approximate surface area is 307 Å². The average molecular weight is 681 g/mol. The molecule has 0 N–H and O–H groups in total. The molecule has 4 bridgehead atoms. The lowest BCUT2D eigenvalue weighted by Gasteiger charge is -2.61. The lowest BCUT2D eigenvalue weighted by molar-refractivity contribution is -0.0393. The zero-order valence-corrected chi connectivity index (χ0v) is 29.3. The van der Waals surface area contributed by atoms with Crippen LogP contribution in [0, 0.1) is 23.7 Å². The maximum Gasteiger partial charge on any atom is 0.246 e. The first kappa shape index (κ1) is 28.7. The van der Waals surface area contributed by atoms with Crippen LogP contribution in [0.15, 0.2) is 138 Å². The number of fused-ring (bicyclic) bond motifs is 13.